The van der Waals surface area contributed by atoms with Gasteiger partial charge >= 0.3 is 5.97 Å². The molecule has 190 valence electrons. The molecule has 0 N–H and O–H groups in total. The van der Waals surface area contributed by atoms with Gasteiger partial charge in [-0.3, -0.25) is 0 Å². The lowest BCUT2D eigenvalue weighted by molar-refractivity contribution is 0.0727. The van der Waals surface area contributed by atoms with Crippen molar-refractivity contribution in [3.63, 3.8) is 0 Å². The van der Waals surface area contributed by atoms with E-state index in [1.165, 1.54) is 37.4 Å². The van der Waals surface area contributed by atoms with Crippen LogP contribution in [0.1, 0.15) is 74.7 Å². The van der Waals surface area contributed by atoms with Crippen molar-refractivity contribution in [1.29, 1.82) is 0 Å². The highest BCUT2D eigenvalue weighted by Gasteiger charge is 2.11. The molecule has 5 heteroatoms. The first-order chi connectivity index (χ1) is 17.6. The Bertz CT molecular complexity index is 1060. The Hall–Kier alpha value is -3.47. The van der Waals surface area contributed by atoms with E-state index in [4.69, 9.17) is 9.47 Å². The number of carbonyl (C=O) groups is 1. The van der Waals surface area contributed by atoms with Gasteiger partial charge in [0.1, 0.15) is 5.75 Å². The lowest BCUT2D eigenvalue weighted by Gasteiger charge is -2.10. The molecule has 5 nitrogen and oxygen atoms in total. The van der Waals surface area contributed by atoms with Gasteiger partial charge in [0.2, 0.25) is 5.88 Å². The third kappa shape index (κ3) is 8.95. The number of esters is 1. The van der Waals surface area contributed by atoms with Gasteiger partial charge in [-0.1, -0.05) is 44.9 Å². The number of unbranched alkanes of at least 4 members (excludes halogenated alkanes) is 3. The number of aromatic nitrogens is 2. The zero-order valence-corrected chi connectivity index (χ0v) is 21.6. The third-order valence-electron chi connectivity index (χ3n) is 6.35. The molecule has 3 rings (SSSR count). The largest absolute Gasteiger partial charge is 0.494 e. The van der Waals surface area contributed by atoms with E-state index < -0.39 is 5.97 Å². The summed E-state index contributed by atoms with van der Waals surface area (Å²) in [6.07, 6.45) is 14.1. The average molecular weight is 487 g/mol. The van der Waals surface area contributed by atoms with E-state index in [0.29, 0.717) is 11.3 Å². The van der Waals surface area contributed by atoms with E-state index in [1.807, 2.05) is 42.5 Å². The van der Waals surface area contributed by atoms with Crippen LogP contribution in [0, 0.1) is 5.92 Å². The second kappa shape index (κ2) is 14.8. The second-order valence-corrected chi connectivity index (χ2v) is 9.24. The summed E-state index contributed by atoms with van der Waals surface area (Å²) in [6, 6.07) is 15.4. The highest BCUT2D eigenvalue weighted by atomic mass is 16.5. The molecule has 0 bridgehead atoms. The molecule has 2 aromatic carbocycles. The number of carbonyl (C=O) groups excluding carboxylic acids is 1. The topological polar surface area (TPSA) is 61.3 Å². The quantitative estimate of drug-likeness (QED) is 0.124. The molecule has 1 heterocycles. The van der Waals surface area contributed by atoms with Crippen molar-refractivity contribution in [2.45, 2.75) is 65.2 Å². The number of nitrogens with zero attached hydrogens (tertiary/aromatic N) is 2. The molecule has 0 amide bonds. The minimum Gasteiger partial charge on any atom is -0.494 e. The number of aryl methyl sites for hydroxylation is 1. The van der Waals surface area contributed by atoms with Crippen molar-refractivity contribution < 1.29 is 14.3 Å². The SMILES string of the molecule is C=CCCCCCc1ccc(C(=O)Oc2cnc(-c3ccc(OCCCC(C)CC)cc3)cn2)cc1. The van der Waals surface area contributed by atoms with Gasteiger partial charge in [0.15, 0.2) is 0 Å². The predicted octanol–water partition coefficient (Wildman–Crippen LogP) is 7.86. The summed E-state index contributed by atoms with van der Waals surface area (Å²) in [7, 11) is 0. The van der Waals surface area contributed by atoms with Crippen molar-refractivity contribution >= 4 is 5.97 Å². The van der Waals surface area contributed by atoms with Crippen molar-refractivity contribution in [3.05, 3.63) is 84.7 Å². The van der Waals surface area contributed by atoms with Crippen LogP contribution >= 0.6 is 0 Å². The normalized spacial score (nSPS) is 11.6. The smallest absolute Gasteiger partial charge is 0.344 e. The van der Waals surface area contributed by atoms with Crippen LogP contribution in [-0.4, -0.2) is 22.5 Å². The molecule has 0 aliphatic rings. The molecule has 1 aromatic heterocycles. The average Bonchev–Trinajstić information content (AvgIpc) is 2.92. The van der Waals surface area contributed by atoms with E-state index in [0.717, 1.165) is 49.5 Å². The summed E-state index contributed by atoms with van der Waals surface area (Å²) in [5.74, 6) is 1.32. The fourth-order valence-electron chi connectivity index (χ4n) is 3.82. The highest BCUT2D eigenvalue weighted by molar-refractivity contribution is 5.90. The molecule has 0 saturated heterocycles. The zero-order valence-electron chi connectivity index (χ0n) is 21.6. The fraction of sp³-hybridized carbons (Fsp3) is 0.387. The van der Waals surface area contributed by atoms with Crippen LogP contribution in [0.5, 0.6) is 11.6 Å². The van der Waals surface area contributed by atoms with E-state index in [-0.39, 0.29) is 5.88 Å². The van der Waals surface area contributed by atoms with Crippen LogP contribution in [-0.2, 0) is 6.42 Å². The number of hydrogen-bond donors (Lipinski definition) is 0. The first-order valence-electron chi connectivity index (χ1n) is 13.1. The van der Waals surface area contributed by atoms with Gasteiger partial charge in [0.05, 0.1) is 30.3 Å². The van der Waals surface area contributed by atoms with Crippen LogP contribution in [0.25, 0.3) is 11.3 Å². The fourth-order valence-corrected chi connectivity index (χ4v) is 3.82. The molecule has 0 aliphatic carbocycles. The van der Waals surface area contributed by atoms with Gasteiger partial charge in [0.25, 0.3) is 0 Å². The molecule has 1 atom stereocenters. The molecule has 0 spiro atoms. The summed E-state index contributed by atoms with van der Waals surface area (Å²) in [5, 5.41) is 0. The summed E-state index contributed by atoms with van der Waals surface area (Å²) in [5.41, 5.74) is 3.34. The molecule has 0 radical (unpaired) electrons. The van der Waals surface area contributed by atoms with Crippen LogP contribution in [0.4, 0.5) is 0 Å². The molecule has 3 aromatic rings. The van der Waals surface area contributed by atoms with E-state index in [1.54, 1.807) is 18.3 Å². The Balaban J connectivity index is 1.46. The molecule has 0 saturated carbocycles. The van der Waals surface area contributed by atoms with E-state index in [9.17, 15) is 4.79 Å². The Morgan fingerprint density at radius 3 is 2.42 bits per heavy atom. The first kappa shape index (κ1) is 27.1. The molecule has 0 fully saturated rings. The second-order valence-electron chi connectivity index (χ2n) is 9.24. The molecule has 36 heavy (non-hydrogen) atoms. The first-order valence-corrected chi connectivity index (χ1v) is 13.1. The van der Waals surface area contributed by atoms with Crippen molar-refractivity contribution in [1.82, 2.24) is 9.97 Å². The van der Waals surface area contributed by atoms with Gasteiger partial charge in [0, 0.05) is 5.56 Å². The summed E-state index contributed by atoms with van der Waals surface area (Å²) >= 11 is 0. The maximum atomic E-state index is 12.5. The maximum Gasteiger partial charge on any atom is 0.344 e. The highest BCUT2D eigenvalue weighted by Crippen LogP contribution is 2.22. The number of rotatable bonds is 15. The number of benzene rings is 2. The standard InChI is InChI=1S/C31H38N2O3/c1-4-6-7-8-9-12-25-13-15-27(16-14-25)31(34)36-30-23-32-29(22-33-30)26-17-19-28(20-18-26)35-21-10-11-24(3)5-2/h4,13-20,22-24H,1,5-12,21H2,2-3H3. The maximum absolute atomic E-state index is 12.5. The summed E-state index contributed by atoms with van der Waals surface area (Å²) < 4.78 is 11.3. The lowest BCUT2D eigenvalue weighted by Crippen LogP contribution is -2.09. The minimum absolute atomic E-state index is 0.177. The Morgan fingerprint density at radius 1 is 0.972 bits per heavy atom. The number of hydrogen-bond acceptors (Lipinski definition) is 5. The van der Waals surface area contributed by atoms with Crippen LogP contribution in [0.2, 0.25) is 0 Å². The monoisotopic (exact) mass is 486 g/mol. The number of allylic oxidation sites excluding steroid dienone is 1. The summed E-state index contributed by atoms with van der Waals surface area (Å²) in [6.45, 7) is 8.97. The van der Waals surface area contributed by atoms with Gasteiger partial charge in [-0.05, 0) is 86.4 Å². The van der Waals surface area contributed by atoms with Crippen molar-refractivity contribution in [3.8, 4) is 22.9 Å². The van der Waals surface area contributed by atoms with Gasteiger partial charge in [-0.15, -0.1) is 6.58 Å². The molecule has 1 unspecified atom stereocenters. The van der Waals surface area contributed by atoms with Crippen molar-refractivity contribution in [2.75, 3.05) is 6.61 Å². The Labute approximate surface area is 215 Å². The van der Waals surface area contributed by atoms with Gasteiger partial charge in [-0.25, -0.2) is 14.8 Å². The lowest BCUT2D eigenvalue weighted by atomic mass is 10.0. The van der Waals surface area contributed by atoms with Crippen molar-refractivity contribution in [2.24, 2.45) is 5.92 Å². The minimum atomic E-state index is -0.440. The third-order valence-corrected chi connectivity index (χ3v) is 6.35. The van der Waals surface area contributed by atoms with Crippen LogP contribution < -0.4 is 9.47 Å². The predicted molar refractivity (Wildman–Crippen MR) is 145 cm³/mol. The molecule has 0 aliphatic heterocycles. The zero-order chi connectivity index (χ0) is 25.6. The Morgan fingerprint density at radius 2 is 1.75 bits per heavy atom. The summed E-state index contributed by atoms with van der Waals surface area (Å²) in [4.78, 5) is 21.2. The molecular formula is C31H38N2O3. The van der Waals surface area contributed by atoms with Gasteiger partial charge in [-0.2, -0.15) is 0 Å². The Kier molecular flexibility index (Phi) is 11.2. The van der Waals surface area contributed by atoms with E-state index >= 15 is 0 Å². The molecular weight excluding hydrogens is 448 g/mol. The van der Waals surface area contributed by atoms with Crippen LogP contribution in [0.3, 0.4) is 0 Å². The number of ether oxygens (including phenoxy) is 2. The van der Waals surface area contributed by atoms with Gasteiger partial charge < -0.3 is 9.47 Å². The van der Waals surface area contributed by atoms with Crippen LogP contribution in [0.15, 0.2) is 73.6 Å². The van der Waals surface area contributed by atoms with E-state index in [2.05, 4.69) is 30.4 Å².